The third-order valence-electron chi connectivity index (χ3n) is 3.62. The number of hydrogen-bond donors (Lipinski definition) is 1. The molecule has 0 aliphatic carbocycles. The average Bonchev–Trinajstić information content (AvgIpc) is 2.51. The molecule has 5 nitrogen and oxygen atoms in total. The van der Waals surface area contributed by atoms with Crippen molar-refractivity contribution in [3.05, 3.63) is 59.9 Å². The Bertz CT molecular complexity index is 866. The molecule has 2 rings (SSSR count). The van der Waals surface area contributed by atoms with E-state index in [9.17, 15) is 17.6 Å². The van der Waals surface area contributed by atoms with E-state index < -0.39 is 21.7 Å². The minimum atomic E-state index is -3.67. The van der Waals surface area contributed by atoms with Gasteiger partial charge in [0.15, 0.2) is 0 Å². The van der Waals surface area contributed by atoms with Gasteiger partial charge >= 0.3 is 0 Å². The number of sulfonamides is 1. The number of para-hydroxylation sites is 1. The van der Waals surface area contributed by atoms with E-state index in [0.717, 1.165) is 16.1 Å². The van der Waals surface area contributed by atoms with E-state index in [-0.39, 0.29) is 18.2 Å². The summed E-state index contributed by atoms with van der Waals surface area (Å²) < 4.78 is 38.8. The summed E-state index contributed by atoms with van der Waals surface area (Å²) in [5, 5.41) is 2.52. The maximum Gasteiger partial charge on any atom is 0.245 e. The van der Waals surface area contributed by atoms with E-state index in [0.29, 0.717) is 5.69 Å². The molecule has 134 valence electrons. The molecule has 0 unspecified atom stereocenters. The van der Waals surface area contributed by atoms with Crippen LogP contribution in [0.4, 0.5) is 15.8 Å². The van der Waals surface area contributed by atoms with Crippen LogP contribution < -0.4 is 9.62 Å². The summed E-state index contributed by atoms with van der Waals surface area (Å²) in [7, 11) is -3.67. The fraction of sp³-hybridized carbons (Fsp3) is 0.278. The largest absolute Gasteiger partial charge is 0.324 e. The lowest BCUT2D eigenvalue weighted by Gasteiger charge is -2.25. The number of halogens is 1. The van der Waals surface area contributed by atoms with Gasteiger partial charge in [-0.1, -0.05) is 38.1 Å². The molecule has 7 heteroatoms. The summed E-state index contributed by atoms with van der Waals surface area (Å²) in [4.78, 5) is 12.3. The molecule has 0 spiro atoms. The quantitative estimate of drug-likeness (QED) is 0.855. The summed E-state index contributed by atoms with van der Waals surface area (Å²) in [5.41, 5.74) is 1.57. The van der Waals surface area contributed by atoms with Gasteiger partial charge < -0.3 is 5.32 Å². The van der Waals surface area contributed by atoms with Gasteiger partial charge in [-0.25, -0.2) is 12.8 Å². The topological polar surface area (TPSA) is 66.5 Å². The zero-order valence-electron chi connectivity index (χ0n) is 14.4. The van der Waals surface area contributed by atoms with Gasteiger partial charge in [-0.15, -0.1) is 0 Å². The van der Waals surface area contributed by atoms with Crippen LogP contribution in [0.25, 0.3) is 0 Å². The van der Waals surface area contributed by atoms with Crippen molar-refractivity contribution in [2.24, 2.45) is 0 Å². The highest BCUT2D eigenvalue weighted by Gasteiger charge is 2.24. The standard InChI is InChI=1S/C18H21FN2O3S/c1-13(2)16-9-4-5-10-17(16)21(25(3,23)24)12-18(22)20-15-8-6-7-14(19)11-15/h4-11,13H,12H2,1-3H3,(H,20,22). The number of benzene rings is 2. The van der Waals surface area contributed by atoms with E-state index in [2.05, 4.69) is 5.32 Å². The molecule has 0 aliphatic heterocycles. The third-order valence-corrected chi connectivity index (χ3v) is 4.75. The van der Waals surface area contributed by atoms with Crippen LogP contribution in [0.15, 0.2) is 48.5 Å². The lowest BCUT2D eigenvalue weighted by atomic mass is 10.0. The summed E-state index contributed by atoms with van der Waals surface area (Å²) in [6.07, 6.45) is 1.06. The highest BCUT2D eigenvalue weighted by atomic mass is 32.2. The molecule has 0 fully saturated rings. The number of nitrogens with one attached hydrogen (secondary N) is 1. The fourth-order valence-electron chi connectivity index (χ4n) is 2.48. The summed E-state index contributed by atoms with van der Waals surface area (Å²) in [6.45, 7) is 3.51. The molecule has 0 saturated carbocycles. The molecular weight excluding hydrogens is 343 g/mol. The Labute approximate surface area is 147 Å². The van der Waals surface area contributed by atoms with Crippen LogP contribution in [0.2, 0.25) is 0 Å². The van der Waals surface area contributed by atoms with Crippen LogP contribution in [-0.4, -0.2) is 27.1 Å². The van der Waals surface area contributed by atoms with Gasteiger partial charge in [-0.05, 0) is 35.7 Å². The number of amides is 1. The summed E-state index contributed by atoms with van der Waals surface area (Å²) in [6, 6.07) is 12.5. The second-order valence-electron chi connectivity index (χ2n) is 6.04. The van der Waals surface area contributed by atoms with Crippen molar-refractivity contribution in [2.75, 3.05) is 22.4 Å². The molecule has 1 N–H and O–H groups in total. The van der Waals surface area contributed by atoms with Crippen LogP contribution in [0, 0.1) is 5.82 Å². The number of hydrogen-bond acceptors (Lipinski definition) is 3. The number of carbonyl (C=O) groups is 1. The molecule has 25 heavy (non-hydrogen) atoms. The van der Waals surface area contributed by atoms with Gasteiger partial charge in [-0.3, -0.25) is 9.10 Å². The van der Waals surface area contributed by atoms with E-state index in [4.69, 9.17) is 0 Å². The van der Waals surface area contributed by atoms with Crippen molar-refractivity contribution in [2.45, 2.75) is 19.8 Å². The fourth-order valence-corrected chi connectivity index (χ4v) is 3.36. The smallest absolute Gasteiger partial charge is 0.245 e. The molecule has 0 atom stereocenters. The Kier molecular flexibility index (Phi) is 5.79. The molecule has 0 bridgehead atoms. The Morgan fingerprint density at radius 3 is 2.44 bits per heavy atom. The number of carbonyl (C=O) groups excluding carboxylic acids is 1. The lowest BCUT2D eigenvalue weighted by molar-refractivity contribution is -0.114. The predicted molar refractivity (Wildman–Crippen MR) is 97.8 cm³/mol. The SMILES string of the molecule is CC(C)c1ccccc1N(CC(=O)Nc1cccc(F)c1)S(C)(=O)=O. The highest BCUT2D eigenvalue weighted by molar-refractivity contribution is 7.92. The molecule has 0 radical (unpaired) electrons. The maximum absolute atomic E-state index is 13.2. The lowest BCUT2D eigenvalue weighted by Crippen LogP contribution is -2.38. The molecule has 0 aliphatic rings. The predicted octanol–water partition coefficient (Wildman–Crippen LogP) is 3.35. The Morgan fingerprint density at radius 2 is 1.84 bits per heavy atom. The second-order valence-corrected chi connectivity index (χ2v) is 7.95. The first-order valence-electron chi connectivity index (χ1n) is 7.80. The first-order valence-corrected chi connectivity index (χ1v) is 9.65. The molecule has 0 aromatic heterocycles. The van der Waals surface area contributed by atoms with Gasteiger partial charge in [-0.2, -0.15) is 0 Å². The number of rotatable bonds is 6. The van der Waals surface area contributed by atoms with Crippen LogP contribution in [0.5, 0.6) is 0 Å². The van der Waals surface area contributed by atoms with Crippen molar-refractivity contribution < 1.29 is 17.6 Å². The van der Waals surface area contributed by atoms with Gasteiger partial charge in [0.2, 0.25) is 15.9 Å². The van der Waals surface area contributed by atoms with Gasteiger partial charge in [0.1, 0.15) is 12.4 Å². The van der Waals surface area contributed by atoms with Crippen LogP contribution >= 0.6 is 0 Å². The monoisotopic (exact) mass is 364 g/mol. The Balaban J connectivity index is 2.29. The normalized spacial score (nSPS) is 11.4. The Morgan fingerprint density at radius 1 is 1.16 bits per heavy atom. The molecule has 0 heterocycles. The molecule has 1 amide bonds. The van der Waals surface area contributed by atoms with Crippen molar-refractivity contribution in [3.63, 3.8) is 0 Å². The van der Waals surface area contributed by atoms with Crippen LogP contribution in [-0.2, 0) is 14.8 Å². The summed E-state index contributed by atoms with van der Waals surface area (Å²) in [5.74, 6) is -0.941. The van der Waals surface area contributed by atoms with Gasteiger partial charge in [0.25, 0.3) is 0 Å². The number of nitrogens with zero attached hydrogens (tertiary/aromatic N) is 1. The van der Waals surface area contributed by atoms with E-state index in [1.54, 1.807) is 12.1 Å². The van der Waals surface area contributed by atoms with E-state index in [1.165, 1.54) is 24.3 Å². The average molecular weight is 364 g/mol. The van der Waals surface area contributed by atoms with E-state index >= 15 is 0 Å². The number of anilines is 2. The zero-order valence-corrected chi connectivity index (χ0v) is 15.2. The third kappa shape index (κ3) is 5.03. The maximum atomic E-state index is 13.2. The molecule has 2 aromatic carbocycles. The highest BCUT2D eigenvalue weighted by Crippen LogP contribution is 2.28. The van der Waals surface area contributed by atoms with E-state index in [1.807, 2.05) is 26.0 Å². The van der Waals surface area contributed by atoms with Crippen molar-refractivity contribution >= 4 is 27.3 Å². The first-order chi connectivity index (χ1) is 11.7. The minimum Gasteiger partial charge on any atom is -0.324 e. The van der Waals surface area contributed by atoms with Crippen LogP contribution in [0.1, 0.15) is 25.3 Å². The molecular formula is C18H21FN2O3S. The van der Waals surface area contributed by atoms with Crippen molar-refractivity contribution in [1.29, 1.82) is 0 Å². The minimum absolute atomic E-state index is 0.0896. The van der Waals surface area contributed by atoms with Gasteiger partial charge in [0.05, 0.1) is 11.9 Å². The van der Waals surface area contributed by atoms with Crippen molar-refractivity contribution in [1.82, 2.24) is 0 Å². The molecule has 0 saturated heterocycles. The first kappa shape index (κ1) is 18.9. The second kappa shape index (κ2) is 7.65. The zero-order chi connectivity index (χ0) is 18.6. The molecule has 2 aromatic rings. The summed E-state index contributed by atoms with van der Waals surface area (Å²) >= 11 is 0. The van der Waals surface area contributed by atoms with Gasteiger partial charge in [0, 0.05) is 5.69 Å². The Hall–Kier alpha value is -2.41. The van der Waals surface area contributed by atoms with Crippen LogP contribution in [0.3, 0.4) is 0 Å². The van der Waals surface area contributed by atoms with Crippen molar-refractivity contribution in [3.8, 4) is 0 Å².